The van der Waals surface area contributed by atoms with Gasteiger partial charge >= 0.3 is 0 Å². The summed E-state index contributed by atoms with van der Waals surface area (Å²) in [5.74, 6) is 1.37. The maximum absolute atomic E-state index is 12.9. The van der Waals surface area contributed by atoms with E-state index < -0.39 is 0 Å². The van der Waals surface area contributed by atoms with Gasteiger partial charge in [-0.15, -0.1) is 0 Å². The Morgan fingerprint density at radius 3 is 2.26 bits per heavy atom. The fourth-order valence-electron chi connectivity index (χ4n) is 2.37. The highest BCUT2D eigenvalue weighted by Gasteiger charge is 2.04. The molecule has 3 aromatic carbocycles. The molecule has 0 aromatic heterocycles. The minimum atomic E-state index is -0.371. The Balaban J connectivity index is 1.59. The number of halogens is 1. The lowest BCUT2D eigenvalue weighted by Gasteiger charge is -2.10. The molecule has 1 N–H and O–H groups in total. The van der Waals surface area contributed by atoms with E-state index in [9.17, 15) is 9.18 Å². The Bertz CT molecular complexity index is 935. The van der Waals surface area contributed by atoms with Crippen LogP contribution in [-0.4, -0.2) is 12.9 Å². The number of ether oxygens (including phenoxy) is 2. The summed E-state index contributed by atoms with van der Waals surface area (Å²) < 4.78 is 23.9. The maximum atomic E-state index is 12.9. The minimum Gasteiger partial charge on any atom is -0.493 e. The molecule has 3 aromatic rings. The van der Waals surface area contributed by atoms with Crippen LogP contribution in [0.25, 0.3) is 0 Å². The van der Waals surface area contributed by atoms with Crippen molar-refractivity contribution in [2.75, 3.05) is 12.4 Å². The van der Waals surface area contributed by atoms with Gasteiger partial charge in [0.05, 0.1) is 7.11 Å². The number of para-hydroxylation sites is 2. The van der Waals surface area contributed by atoms with Crippen molar-refractivity contribution in [1.82, 2.24) is 0 Å². The van der Waals surface area contributed by atoms with Gasteiger partial charge in [0.25, 0.3) is 0 Å². The molecule has 0 unspecified atom stereocenters. The molecular weight excluding hydrogens is 345 g/mol. The number of allylic oxidation sites excluding steroid dienone is 1. The molecule has 0 aliphatic rings. The van der Waals surface area contributed by atoms with Gasteiger partial charge in [-0.1, -0.05) is 12.1 Å². The van der Waals surface area contributed by atoms with Crippen LogP contribution in [0.1, 0.15) is 10.4 Å². The van der Waals surface area contributed by atoms with E-state index in [1.54, 1.807) is 13.3 Å². The van der Waals surface area contributed by atoms with Crippen LogP contribution in [0.2, 0.25) is 0 Å². The van der Waals surface area contributed by atoms with Gasteiger partial charge < -0.3 is 14.8 Å². The lowest BCUT2D eigenvalue weighted by Crippen LogP contribution is -1.96. The monoisotopic (exact) mass is 363 g/mol. The van der Waals surface area contributed by atoms with Crippen molar-refractivity contribution >= 4 is 11.5 Å². The summed E-state index contributed by atoms with van der Waals surface area (Å²) in [6, 6.07) is 20.1. The smallest absolute Gasteiger partial charge is 0.187 e. The first-order chi connectivity index (χ1) is 13.2. The van der Waals surface area contributed by atoms with Crippen molar-refractivity contribution < 1.29 is 18.7 Å². The van der Waals surface area contributed by atoms with Crippen molar-refractivity contribution in [3.05, 3.63) is 96.5 Å². The molecule has 0 amide bonds. The highest BCUT2D eigenvalue weighted by Crippen LogP contribution is 2.31. The minimum absolute atomic E-state index is 0.210. The zero-order valence-electron chi connectivity index (χ0n) is 14.7. The largest absolute Gasteiger partial charge is 0.493 e. The predicted octanol–water partition coefficient (Wildman–Crippen LogP) is 5.44. The Kier molecular flexibility index (Phi) is 5.84. The van der Waals surface area contributed by atoms with E-state index >= 15 is 0 Å². The summed E-state index contributed by atoms with van der Waals surface area (Å²) in [5.41, 5.74) is 1.22. The zero-order valence-corrected chi connectivity index (χ0v) is 14.7. The van der Waals surface area contributed by atoms with Crippen LogP contribution >= 0.6 is 0 Å². The third-order valence-electron chi connectivity index (χ3n) is 3.76. The molecular formula is C22H18FNO3. The average Bonchev–Trinajstić information content (AvgIpc) is 2.70. The van der Waals surface area contributed by atoms with E-state index in [1.807, 2.05) is 48.5 Å². The van der Waals surface area contributed by atoms with Crippen LogP contribution in [-0.2, 0) is 0 Å². The van der Waals surface area contributed by atoms with E-state index in [1.165, 1.54) is 30.3 Å². The lowest BCUT2D eigenvalue weighted by molar-refractivity contribution is 0.104. The van der Waals surface area contributed by atoms with Gasteiger partial charge in [0, 0.05) is 23.5 Å². The van der Waals surface area contributed by atoms with E-state index in [-0.39, 0.29) is 11.6 Å². The van der Waals surface area contributed by atoms with E-state index in [4.69, 9.17) is 9.47 Å². The number of carbonyl (C=O) groups is 1. The quantitative estimate of drug-likeness (QED) is 0.449. The van der Waals surface area contributed by atoms with Crippen LogP contribution < -0.4 is 14.8 Å². The zero-order chi connectivity index (χ0) is 19.1. The molecule has 0 radical (unpaired) electrons. The molecule has 0 aliphatic carbocycles. The normalized spacial score (nSPS) is 10.6. The van der Waals surface area contributed by atoms with Gasteiger partial charge in [-0.3, -0.25) is 4.79 Å². The van der Waals surface area contributed by atoms with E-state index in [0.29, 0.717) is 22.8 Å². The van der Waals surface area contributed by atoms with Gasteiger partial charge in [0.2, 0.25) is 0 Å². The summed E-state index contributed by atoms with van der Waals surface area (Å²) in [6.45, 7) is 0. The Labute approximate surface area is 156 Å². The van der Waals surface area contributed by atoms with E-state index in [0.717, 1.165) is 5.69 Å². The van der Waals surface area contributed by atoms with Crippen molar-refractivity contribution in [3.8, 4) is 17.2 Å². The highest BCUT2D eigenvalue weighted by molar-refractivity contribution is 6.04. The number of nitrogens with one attached hydrogen (secondary N) is 1. The van der Waals surface area contributed by atoms with Gasteiger partial charge in [-0.25, -0.2) is 4.39 Å². The summed E-state index contributed by atoms with van der Waals surface area (Å²) >= 11 is 0. The van der Waals surface area contributed by atoms with Crippen molar-refractivity contribution in [1.29, 1.82) is 0 Å². The van der Waals surface area contributed by atoms with Crippen LogP contribution in [0.4, 0.5) is 10.1 Å². The average molecular weight is 363 g/mol. The molecule has 27 heavy (non-hydrogen) atoms. The molecule has 0 spiro atoms. The maximum Gasteiger partial charge on any atom is 0.187 e. The van der Waals surface area contributed by atoms with Crippen LogP contribution in [0, 0.1) is 5.82 Å². The number of rotatable bonds is 7. The molecule has 0 saturated heterocycles. The second-order valence-electron chi connectivity index (χ2n) is 5.63. The molecule has 136 valence electrons. The molecule has 4 nitrogen and oxygen atoms in total. The number of hydrogen-bond acceptors (Lipinski definition) is 4. The second-order valence-corrected chi connectivity index (χ2v) is 5.63. The highest BCUT2D eigenvalue weighted by atomic mass is 19.1. The van der Waals surface area contributed by atoms with Crippen molar-refractivity contribution in [2.45, 2.75) is 0 Å². The van der Waals surface area contributed by atoms with Crippen molar-refractivity contribution in [3.63, 3.8) is 0 Å². The van der Waals surface area contributed by atoms with Crippen LogP contribution in [0.15, 0.2) is 85.1 Å². The number of carbonyl (C=O) groups excluding carboxylic acids is 1. The van der Waals surface area contributed by atoms with Gasteiger partial charge in [-0.05, 0) is 60.7 Å². The fraction of sp³-hybridized carbons (Fsp3) is 0.0455. The summed E-state index contributed by atoms with van der Waals surface area (Å²) in [4.78, 5) is 12.0. The number of ketones is 1. The standard InChI is InChI=1S/C22H18FNO3/c1-26-21-4-2-3-5-22(21)27-19-12-10-18(11-13-19)24-15-14-20(25)16-6-8-17(23)9-7-16/h2-15,24H,1H3/b15-14+. The molecule has 5 heteroatoms. The third kappa shape index (κ3) is 4.95. The molecule has 0 aliphatic heterocycles. The Morgan fingerprint density at radius 2 is 1.59 bits per heavy atom. The number of anilines is 1. The topological polar surface area (TPSA) is 47.6 Å². The molecule has 0 fully saturated rings. The second kappa shape index (κ2) is 8.67. The first kappa shape index (κ1) is 18.2. The first-order valence-electron chi connectivity index (χ1n) is 8.29. The summed E-state index contributed by atoms with van der Waals surface area (Å²) in [6.07, 6.45) is 2.94. The van der Waals surface area contributed by atoms with Crippen molar-refractivity contribution in [2.24, 2.45) is 0 Å². The predicted molar refractivity (Wildman–Crippen MR) is 103 cm³/mol. The number of hydrogen-bond donors (Lipinski definition) is 1. The Morgan fingerprint density at radius 1 is 0.926 bits per heavy atom. The first-order valence-corrected chi connectivity index (χ1v) is 8.29. The summed E-state index contributed by atoms with van der Waals surface area (Å²) in [5, 5.41) is 3.01. The third-order valence-corrected chi connectivity index (χ3v) is 3.76. The van der Waals surface area contributed by atoms with Gasteiger partial charge in [0.1, 0.15) is 11.6 Å². The van der Waals surface area contributed by atoms with Crippen LogP contribution in [0.5, 0.6) is 17.2 Å². The SMILES string of the molecule is COc1ccccc1Oc1ccc(N/C=C/C(=O)c2ccc(F)cc2)cc1. The van der Waals surface area contributed by atoms with Gasteiger partial charge in [0.15, 0.2) is 17.3 Å². The van der Waals surface area contributed by atoms with Gasteiger partial charge in [-0.2, -0.15) is 0 Å². The molecule has 0 saturated carbocycles. The lowest BCUT2D eigenvalue weighted by atomic mass is 10.1. The molecule has 3 rings (SSSR count). The van der Waals surface area contributed by atoms with E-state index in [2.05, 4.69) is 5.32 Å². The molecule has 0 heterocycles. The number of methoxy groups -OCH3 is 1. The molecule has 0 bridgehead atoms. The molecule has 0 atom stereocenters. The van der Waals surface area contributed by atoms with Crippen LogP contribution in [0.3, 0.4) is 0 Å². The fourth-order valence-corrected chi connectivity index (χ4v) is 2.37. The Hall–Kier alpha value is -3.60. The number of benzene rings is 3. The summed E-state index contributed by atoms with van der Waals surface area (Å²) in [7, 11) is 1.59.